The molecule has 0 bridgehead atoms. The van der Waals surface area contributed by atoms with Crippen molar-refractivity contribution in [2.24, 2.45) is 17.8 Å². The summed E-state index contributed by atoms with van der Waals surface area (Å²) in [6.45, 7) is 2.28. The van der Waals surface area contributed by atoms with Gasteiger partial charge in [0.1, 0.15) is 5.75 Å². The van der Waals surface area contributed by atoms with Crippen molar-refractivity contribution < 1.29 is 9.53 Å². The molecule has 2 fully saturated rings. The molecule has 1 aromatic rings. The first-order chi connectivity index (χ1) is 14.2. The maximum atomic E-state index is 12.4. The number of nitriles is 1. The largest absolute Gasteiger partial charge is 0.426 e. The second-order valence-electron chi connectivity index (χ2n) is 9.23. The number of carbonyl (C=O) groups is 1. The molecular formula is C26H37NO2. The fourth-order valence-electron chi connectivity index (χ4n) is 5.11. The van der Waals surface area contributed by atoms with Crippen LogP contribution in [-0.4, -0.2) is 5.97 Å². The van der Waals surface area contributed by atoms with E-state index in [0.29, 0.717) is 11.7 Å². The smallest absolute Gasteiger partial charge is 0.314 e. The summed E-state index contributed by atoms with van der Waals surface area (Å²) in [6.07, 6.45) is 15.4. The minimum atomic E-state index is -0.127. The van der Waals surface area contributed by atoms with Crippen LogP contribution >= 0.6 is 0 Å². The van der Waals surface area contributed by atoms with E-state index >= 15 is 0 Å². The molecule has 3 heteroatoms. The van der Waals surface area contributed by atoms with E-state index in [1.54, 1.807) is 0 Å². The number of carbonyl (C=O) groups excluding carboxylic acids is 1. The van der Waals surface area contributed by atoms with Crippen molar-refractivity contribution in [3.63, 3.8) is 0 Å². The SMILES string of the molecule is CCCCCC[C@H]1CC[C@H](c2ccc(OC(=O)[C@H]3CC[C@H](C#N)CC3)cc2)CC1. The van der Waals surface area contributed by atoms with Crippen molar-refractivity contribution in [3.8, 4) is 11.8 Å². The molecule has 0 N–H and O–H groups in total. The van der Waals surface area contributed by atoms with Gasteiger partial charge in [-0.1, -0.05) is 51.2 Å². The molecule has 3 rings (SSSR count). The van der Waals surface area contributed by atoms with Crippen molar-refractivity contribution >= 4 is 5.97 Å². The van der Waals surface area contributed by atoms with Gasteiger partial charge in [0.25, 0.3) is 0 Å². The number of hydrogen-bond donors (Lipinski definition) is 0. The lowest BCUT2D eigenvalue weighted by Gasteiger charge is -2.29. The van der Waals surface area contributed by atoms with Crippen LogP contribution in [-0.2, 0) is 4.79 Å². The van der Waals surface area contributed by atoms with Crippen molar-refractivity contribution in [2.75, 3.05) is 0 Å². The summed E-state index contributed by atoms with van der Waals surface area (Å²) in [6, 6.07) is 10.6. The van der Waals surface area contributed by atoms with Crippen LogP contribution in [0, 0.1) is 29.1 Å². The highest BCUT2D eigenvalue weighted by atomic mass is 16.5. The Bertz CT molecular complexity index is 659. The number of nitrogens with zero attached hydrogens (tertiary/aromatic N) is 1. The lowest BCUT2D eigenvalue weighted by Crippen LogP contribution is -2.25. The molecule has 2 aliphatic carbocycles. The fraction of sp³-hybridized carbons (Fsp3) is 0.692. The molecule has 3 nitrogen and oxygen atoms in total. The Hall–Kier alpha value is -1.82. The summed E-state index contributed by atoms with van der Waals surface area (Å²) < 4.78 is 5.62. The fourth-order valence-corrected chi connectivity index (χ4v) is 5.11. The Labute approximate surface area is 176 Å². The highest BCUT2D eigenvalue weighted by Crippen LogP contribution is 2.38. The van der Waals surface area contributed by atoms with Gasteiger partial charge in [-0.3, -0.25) is 4.79 Å². The Morgan fingerprint density at radius 1 is 0.966 bits per heavy atom. The summed E-state index contributed by atoms with van der Waals surface area (Å²) >= 11 is 0. The van der Waals surface area contributed by atoms with Crippen LogP contribution in [0.2, 0.25) is 0 Å². The summed E-state index contributed by atoms with van der Waals surface area (Å²) in [5.41, 5.74) is 1.39. The molecule has 2 saturated carbocycles. The number of hydrogen-bond acceptors (Lipinski definition) is 3. The van der Waals surface area contributed by atoms with Crippen molar-refractivity contribution in [2.45, 2.75) is 96.3 Å². The van der Waals surface area contributed by atoms with Crippen LogP contribution in [0.3, 0.4) is 0 Å². The van der Waals surface area contributed by atoms with Crippen LogP contribution in [0.5, 0.6) is 5.75 Å². The van der Waals surface area contributed by atoms with Gasteiger partial charge in [-0.05, 0) is 80.9 Å². The predicted molar refractivity (Wildman–Crippen MR) is 117 cm³/mol. The van der Waals surface area contributed by atoms with E-state index in [-0.39, 0.29) is 17.8 Å². The average Bonchev–Trinajstić information content (AvgIpc) is 2.78. The van der Waals surface area contributed by atoms with E-state index in [0.717, 1.165) is 31.6 Å². The van der Waals surface area contributed by atoms with E-state index in [1.807, 2.05) is 12.1 Å². The van der Waals surface area contributed by atoms with Crippen LogP contribution < -0.4 is 4.74 Å². The number of unbranched alkanes of at least 4 members (excludes halogenated alkanes) is 3. The molecule has 0 aromatic heterocycles. The third kappa shape index (κ3) is 6.59. The molecule has 0 heterocycles. The van der Waals surface area contributed by atoms with E-state index in [9.17, 15) is 4.79 Å². The lowest BCUT2D eigenvalue weighted by atomic mass is 9.77. The van der Waals surface area contributed by atoms with Gasteiger partial charge in [0.2, 0.25) is 0 Å². The van der Waals surface area contributed by atoms with Gasteiger partial charge in [0.05, 0.1) is 12.0 Å². The van der Waals surface area contributed by atoms with Gasteiger partial charge >= 0.3 is 5.97 Å². The zero-order valence-corrected chi connectivity index (χ0v) is 18.1. The molecule has 0 amide bonds. The second kappa shape index (κ2) is 11.4. The average molecular weight is 396 g/mol. The van der Waals surface area contributed by atoms with E-state index < -0.39 is 0 Å². The first kappa shape index (κ1) is 21.9. The number of benzene rings is 1. The summed E-state index contributed by atoms with van der Waals surface area (Å²) in [5, 5.41) is 8.99. The Morgan fingerprint density at radius 2 is 1.66 bits per heavy atom. The van der Waals surface area contributed by atoms with Gasteiger partial charge in [0.15, 0.2) is 0 Å². The third-order valence-electron chi connectivity index (χ3n) is 7.13. The first-order valence-electron chi connectivity index (χ1n) is 11.9. The van der Waals surface area contributed by atoms with Crippen LogP contribution in [0.15, 0.2) is 24.3 Å². The summed E-state index contributed by atoms with van der Waals surface area (Å²) in [7, 11) is 0. The quantitative estimate of drug-likeness (QED) is 0.266. The number of esters is 1. The van der Waals surface area contributed by atoms with E-state index in [1.165, 1.54) is 63.4 Å². The zero-order chi connectivity index (χ0) is 20.5. The first-order valence-corrected chi connectivity index (χ1v) is 11.9. The van der Waals surface area contributed by atoms with Crippen molar-refractivity contribution in [3.05, 3.63) is 29.8 Å². The topological polar surface area (TPSA) is 50.1 Å². The number of ether oxygens (including phenoxy) is 1. The molecule has 158 valence electrons. The summed E-state index contributed by atoms with van der Waals surface area (Å²) in [5.74, 6) is 2.19. The molecule has 0 radical (unpaired) electrons. The normalized spacial score (nSPS) is 27.2. The third-order valence-corrected chi connectivity index (χ3v) is 7.13. The van der Waals surface area contributed by atoms with Crippen molar-refractivity contribution in [1.29, 1.82) is 5.26 Å². The Morgan fingerprint density at radius 3 is 2.28 bits per heavy atom. The van der Waals surface area contributed by atoms with Crippen molar-refractivity contribution in [1.82, 2.24) is 0 Å². The van der Waals surface area contributed by atoms with Gasteiger partial charge in [-0.15, -0.1) is 0 Å². The predicted octanol–water partition coefficient (Wildman–Crippen LogP) is 7.17. The van der Waals surface area contributed by atoms with Gasteiger partial charge in [-0.25, -0.2) is 0 Å². The van der Waals surface area contributed by atoms with Crippen LogP contribution in [0.4, 0.5) is 0 Å². The lowest BCUT2D eigenvalue weighted by molar-refractivity contribution is -0.140. The molecular weight excluding hydrogens is 358 g/mol. The number of rotatable bonds is 8. The van der Waals surface area contributed by atoms with Gasteiger partial charge < -0.3 is 4.74 Å². The Kier molecular flexibility index (Phi) is 8.59. The highest BCUT2D eigenvalue weighted by Gasteiger charge is 2.28. The maximum Gasteiger partial charge on any atom is 0.314 e. The molecule has 0 aliphatic heterocycles. The van der Waals surface area contributed by atoms with E-state index in [2.05, 4.69) is 25.1 Å². The molecule has 2 aliphatic rings. The zero-order valence-electron chi connectivity index (χ0n) is 18.1. The molecule has 0 spiro atoms. The maximum absolute atomic E-state index is 12.4. The minimum Gasteiger partial charge on any atom is -0.426 e. The van der Waals surface area contributed by atoms with Gasteiger partial charge in [0, 0.05) is 5.92 Å². The monoisotopic (exact) mass is 395 g/mol. The molecule has 0 atom stereocenters. The summed E-state index contributed by atoms with van der Waals surface area (Å²) in [4.78, 5) is 12.4. The molecule has 1 aromatic carbocycles. The highest BCUT2D eigenvalue weighted by molar-refractivity contribution is 5.75. The Balaban J connectivity index is 1.41. The van der Waals surface area contributed by atoms with Crippen LogP contribution in [0.25, 0.3) is 0 Å². The molecule has 0 saturated heterocycles. The van der Waals surface area contributed by atoms with Crippen LogP contribution in [0.1, 0.15) is 102 Å². The molecule has 29 heavy (non-hydrogen) atoms. The minimum absolute atomic E-state index is 0.0492. The van der Waals surface area contributed by atoms with E-state index in [4.69, 9.17) is 10.00 Å². The standard InChI is InChI=1S/C26H37NO2/c1-2-3-4-5-6-20-7-11-22(12-8-20)23-15-17-25(18-16-23)29-26(28)24-13-9-21(19-27)10-14-24/h15-18,20-22,24H,2-14H2,1H3/t20-,21-,22-,24-. The van der Waals surface area contributed by atoms with Gasteiger partial charge in [-0.2, -0.15) is 5.26 Å². The second-order valence-corrected chi connectivity index (χ2v) is 9.23. The molecule has 0 unspecified atom stereocenters.